The lowest BCUT2D eigenvalue weighted by molar-refractivity contribution is -0.143. The number of hydrogen-bond acceptors (Lipinski definition) is 3. The molecule has 1 N–H and O–H groups in total. The predicted octanol–water partition coefficient (Wildman–Crippen LogP) is 2.38. The van der Waals surface area contributed by atoms with Gasteiger partial charge in [-0.3, -0.25) is 4.79 Å². The van der Waals surface area contributed by atoms with Crippen LogP contribution in [-0.4, -0.2) is 19.6 Å². The van der Waals surface area contributed by atoms with Crippen molar-refractivity contribution in [3.63, 3.8) is 0 Å². The third-order valence-corrected chi connectivity index (χ3v) is 2.75. The zero-order valence-electron chi connectivity index (χ0n) is 11.0. The number of ether oxygens (including phenoxy) is 1. The van der Waals surface area contributed by atoms with Crippen LogP contribution in [0.4, 0.5) is 0 Å². The van der Waals surface area contributed by atoms with Gasteiger partial charge in [-0.15, -0.1) is 0 Å². The van der Waals surface area contributed by atoms with E-state index in [2.05, 4.69) is 37.4 Å². The average molecular weight is 235 g/mol. The highest BCUT2D eigenvalue weighted by atomic mass is 16.5. The summed E-state index contributed by atoms with van der Waals surface area (Å²) in [4.78, 5) is 11.3. The molecule has 1 aromatic rings. The van der Waals surface area contributed by atoms with Gasteiger partial charge in [0.25, 0.3) is 0 Å². The Kier molecular flexibility index (Phi) is 5.16. The Bertz CT molecular complexity index is 386. The Morgan fingerprint density at radius 2 is 2.12 bits per heavy atom. The molecule has 0 aliphatic carbocycles. The number of esters is 1. The van der Waals surface area contributed by atoms with Crippen molar-refractivity contribution in [2.24, 2.45) is 0 Å². The maximum atomic E-state index is 11.3. The molecule has 0 atom stereocenters. The van der Waals surface area contributed by atoms with E-state index in [0.717, 1.165) is 11.1 Å². The highest BCUT2D eigenvalue weighted by Crippen LogP contribution is 2.19. The van der Waals surface area contributed by atoms with Gasteiger partial charge in [0.1, 0.15) is 6.61 Å². The van der Waals surface area contributed by atoms with Crippen LogP contribution in [0.25, 0.3) is 0 Å². The molecule has 0 saturated carbocycles. The molecule has 3 heteroatoms. The number of hydrogen-bond donors (Lipinski definition) is 1. The van der Waals surface area contributed by atoms with Crippen molar-refractivity contribution in [1.29, 1.82) is 0 Å². The summed E-state index contributed by atoms with van der Waals surface area (Å²) in [6.07, 6.45) is 0. The Balaban J connectivity index is 2.69. The first-order valence-electron chi connectivity index (χ1n) is 5.94. The third kappa shape index (κ3) is 4.19. The van der Waals surface area contributed by atoms with E-state index in [1.807, 2.05) is 6.92 Å². The van der Waals surface area contributed by atoms with Crippen molar-refractivity contribution in [2.45, 2.75) is 33.3 Å². The standard InChI is InChI=1S/C14H21NO2/c1-10(2)12-6-5-11(3)13(7-12)9-17-14(16)8-15-4/h5-7,10,15H,8-9H2,1-4H3. The first kappa shape index (κ1) is 13.7. The van der Waals surface area contributed by atoms with Gasteiger partial charge in [-0.1, -0.05) is 32.0 Å². The molecule has 0 fully saturated rings. The highest BCUT2D eigenvalue weighted by molar-refractivity contribution is 5.71. The van der Waals surface area contributed by atoms with Crippen LogP contribution in [0, 0.1) is 6.92 Å². The summed E-state index contributed by atoms with van der Waals surface area (Å²) in [6, 6.07) is 6.32. The van der Waals surface area contributed by atoms with E-state index in [4.69, 9.17) is 4.74 Å². The number of benzene rings is 1. The van der Waals surface area contributed by atoms with Crippen LogP contribution in [0.15, 0.2) is 18.2 Å². The lowest BCUT2D eigenvalue weighted by Crippen LogP contribution is -2.20. The maximum Gasteiger partial charge on any atom is 0.320 e. The van der Waals surface area contributed by atoms with E-state index in [9.17, 15) is 4.79 Å². The summed E-state index contributed by atoms with van der Waals surface area (Å²) in [7, 11) is 1.73. The van der Waals surface area contributed by atoms with Gasteiger partial charge in [-0.2, -0.15) is 0 Å². The normalized spacial score (nSPS) is 10.6. The lowest BCUT2D eigenvalue weighted by atomic mass is 9.98. The van der Waals surface area contributed by atoms with Crippen LogP contribution in [0.2, 0.25) is 0 Å². The monoisotopic (exact) mass is 235 g/mol. The number of aryl methyl sites for hydroxylation is 1. The van der Waals surface area contributed by atoms with Crippen molar-refractivity contribution < 1.29 is 9.53 Å². The minimum absolute atomic E-state index is 0.221. The van der Waals surface area contributed by atoms with Gasteiger partial charge in [-0.05, 0) is 36.6 Å². The number of carbonyl (C=O) groups excluding carboxylic acids is 1. The van der Waals surface area contributed by atoms with Crippen LogP contribution in [-0.2, 0) is 16.1 Å². The van der Waals surface area contributed by atoms with Gasteiger partial charge < -0.3 is 10.1 Å². The van der Waals surface area contributed by atoms with Crippen LogP contribution >= 0.6 is 0 Å². The predicted molar refractivity (Wildman–Crippen MR) is 69.0 cm³/mol. The van der Waals surface area contributed by atoms with Gasteiger partial charge in [0.2, 0.25) is 0 Å². The Hall–Kier alpha value is -1.35. The van der Waals surface area contributed by atoms with Gasteiger partial charge in [0.05, 0.1) is 6.54 Å². The fourth-order valence-electron chi connectivity index (χ4n) is 1.56. The summed E-state index contributed by atoms with van der Waals surface area (Å²) in [5, 5.41) is 2.77. The van der Waals surface area contributed by atoms with Crippen molar-refractivity contribution in [3.05, 3.63) is 34.9 Å². The summed E-state index contributed by atoms with van der Waals surface area (Å²) < 4.78 is 5.18. The Morgan fingerprint density at radius 3 is 2.71 bits per heavy atom. The molecule has 94 valence electrons. The molecule has 0 amide bonds. The molecular weight excluding hydrogens is 214 g/mol. The molecule has 0 radical (unpaired) electrons. The quantitative estimate of drug-likeness (QED) is 0.796. The zero-order chi connectivity index (χ0) is 12.8. The summed E-state index contributed by atoms with van der Waals surface area (Å²) in [6.45, 7) is 6.95. The molecule has 0 spiro atoms. The van der Waals surface area contributed by atoms with Crippen LogP contribution in [0.5, 0.6) is 0 Å². The van der Waals surface area contributed by atoms with Crippen LogP contribution < -0.4 is 5.32 Å². The molecule has 0 aliphatic heterocycles. The minimum Gasteiger partial charge on any atom is -0.460 e. The highest BCUT2D eigenvalue weighted by Gasteiger charge is 2.06. The second kappa shape index (κ2) is 6.40. The van der Waals surface area contributed by atoms with Crippen molar-refractivity contribution in [1.82, 2.24) is 5.32 Å². The topological polar surface area (TPSA) is 38.3 Å². The van der Waals surface area contributed by atoms with E-state index in [-0.39, 0.29) is 12.5 Å². The fourth-order valence-corrected chi connectivity index (χ4v) is 1.56. The molecule has 1 aromatic carbocycles. The molecule has 0 bridgehead atoms. The SMILES string of the molecule is CNCC(=O)OCc1cc(C(C)C)ccc1C. The van der Waals surface area contributed by atoms with Gasteiger partial charge in [-0.25, -0.2) is 0 Å². The Morgan fingerprint density at radius 1 is 1.41 bits per heavy atom. The van der Waals surface area contributed by atoms with Crippen molar-refractivity contribution in [2.75, 3.05) is 13.6 Å². The first-order valence-corrected chi connectivity index (χ1v) is 5.94. The zero-order valence-corrected chi connectivity index (χ0v) is 11.0. The second-order valence-electron chi connectivity index (χ2n) is 4.53. The van der Waals surface area contributed by atoms with E-state index in [1.165, 1.54) is 5.56 Å². The molecular formula is C14H21NO2. The molecule has 1 rings (SSSR count). The fraction of sp³-hybridized carbons (Fsp3) is 0.500. The van der Waals surface area contributed by atoms with E-state index < -0.39 is 0 Å². The number of rotatable bonds is 5. The summed E-state index contributed by atoms with van der Waals surface area (Å²) in [5.74, 6) is 0.268. The molecule has 0 unspecified atom stereocenters. The van der Waals surface area contributed by atoms with E-state index in [1.54, 1.807) is 7.05 Å². The van der Waals surface area contributed by atoms with Crippen molar-refractivity contribution >= 4 is 5.97 Å². The van der Waals surface area contributed by atoms with Gasteiger partial charge in [0.15, 0.2) is 0 Å². The molecule has 0 heterocycles. The first-order chi connectivity index (χ1) is 8.04. The molecule has 0 aromatic heterocycles. The molecule has 3 nitrogen and oxygen atoms in total. The second-order valence-corrected chi connectivity index (χ2v) is 4.53. The number of nitrogens with one attached hydrogen (secondary N) is 1. The molecule has 17 heavy (non-hydrogen) atoms. The minimum atomic E-state index is -0.221. The van der Waals surface area contributed by atoms with Crippen molar-refractivity contribution in [3.8, 4) is 0 Å². The molecule has 0 aliphatic rings. The van der Waals surface area contributed by atoms with Gasteiger partial charge in [0, 0.05) is 0 Å². The average Bonchev–Trinajstić information content (AvgIpc) is 2.28. The number of likely N-dealkylation sites (N-methyl/N-ethyl adjacent to an activating group) is 1. The van der Waals surface area contributed by atoms with Gasteiger partial charge >= 0.3 is 5.97 Å². The number of carbonyl (C=O) groups is 1. The third-order valence-electron chi connectivity index (χ3n) is 2.75. The van der Waals surface area contributed by atoms with Crippen LogP contribution in [0.1, 0.15) is 36.5 Å². The Labute approximate surface area is 103 Å². The van der Waals surface area contributed by atoms with E-state index in [0.29, 0.717) is 12.5 Å². The maximum absolute atomic E-state index is 11.3. The van der Waals surface area contributed by atoms with E-state index >= 15 is 0 Å². The summed E-state index contributed by atoms with van der Waals surface area (Å²) in [5.41, 5.74) is 3.52. The lowest BCUT2D eigenvalue weighted by Gasteiger charge is -2.11. The molecule has 0 saturated heterocycles. The largest absolute Gasteiger partial charge is 0.460 e. The summed E-state index contributed by atoms with van der Waals surface area (Å²) >= 11 is 0. The van der Waals surface area contributed by atoms with Crippen LogP contribution in [0.3, 0.4) is 0 Å². The smallest absolute Gasteiger partial charge is 0.320 e.